The maximum atomic E-state index is 12.9. The first-order chi connectivity index (χ1) is 13.2. The fourth-order valence-corrected chi connectivity index (χ4v) is 5.11. The van der Waals surface area contributed by atoms with E-state index in [4.69, 9.17) is 9.47 Å². The molecule has 0 N–H and O–H groups in total. The largest absolute Gasteiger partial charge is 0.497 e. The number of rotatable bonds is 4. The van der Waals surface area contributed by atoms with E-state index in [-0.39, 0.29) is 23.7 Å². The third-order valence-electron chi connectivity index (χ3n) is 6.32. The lowest BCUT2D eigenvalue weighted by atomic mass is 9.81. The van der Waals surface area contributed by atoms with Crippen molar-refractivity contribution in [3.05, 3.63) is 48.5 Å². The molecule has 1 heterocycles. The molecule has 4 atom stereocenters. The molecule has 0 spiro atoms. The number of anilines is 1. The Hall–Kier alpha value is -2.82. The van der Waals surface area contributed by atoms with Crippen molar-refractivity contribution in [3.8, 4) is 17.2 Å². The first-order valence-corrected chi connectivity index (χ1v) is 9.45. The lowest BCUT2D eigenvalue weighted by molar-refractivity contribution is -0.123. The minimum absolute atomic E-state index is 0.0129. The van der Waals surface area contributed by atoms with E-state index < -0.39 is 0 Å². The van der Waals surface area contributed by atoms with Gasteiger partial charge in [0.15, 0.2) is 0 Å². The predicted molar refractivity (Wildman–Crippen MR) is 99.8 cm³/mol. The number of ether oxygens (including phenoxy) is 2. The molecular formula is C22H21NO4. The van der Waals surface area contributed by atoms with Gasteiger partial charge in [0, 0.05) is 0 Å². The van der Waals surface area contributed by atoms with Crippen molar-refractivity contribution >= 4 is 17.5 Å². The third kappa shape index (κ3) is 2.52. The molecule has 1 saturated heterocycles. The number of methoxy groups -OCH3 is 1. The molecule has 3 fully saturated rings. The van der Waals surface area contributed by atoms with Crippen LogP contribution in [0.5, 0.6) is 17.2 Å². The summed E-state index contributed by atoms with van der Waals surface area (Å²) in [7, 11) is 1.62. The average Bonchev–Trinajstić information content (AvgIpc) is 3.37. The Balaban J connectivity index is 1.34. The van der Waals surface area contributed by atoms with Crippen LogP contribution in [0, 0.1) is 23.7 Å². The second-order valence-electron chi connectivity index (χ2n) is 7.67. The van der Waals surface area contributed by atoms with Crippen LogP contribution < -0.4 is 14.4 Å². The summed E-state index contributed by atoms with van der Waals surface area (Å²) in [5, 5.41) is 0. The number of hydrogen-bond donors (Lipinski definition) is 0. The van der Waals surface area contributed by atoms with Crippen LogP contribution in [0.25, 0.3) is 0 Å². The van der Waals surface area contributed by atoms with Crippen LogP contribution >= 0.6 is 0 Å². The fourth-order valence-electron chi connectivity index (χ4n) is 5.11. The highest BCUT2D eigenvalue weighted by Gasteiger charge is 2.61. The zero-order valence-corrected chi connectivity index (χ0v) is 15.1. The van der Waals surface area contributed by atoms with Crippen molar-refractivity contribution in [2.75, 3.05) is 12.0 Å². The molecule has 0 aromatic heterocycles. The van der Waals surface area contributed by atoms with Gasteiger partial charge in [-0.05, 0) is 79.6 Å². The zero-order valence-electron chi connectivity index (χ0n) is 15.1. The number of fused-ring (bicyclic) bond motifs is 5. The van der Waals surface area contributed by atoms with Gasteiger partial charge in [-0.2, -0.15) is 0 Å². The SMILES string of the molecule is COc1ccc(Oc2ccc(N3C(=O)[C@@H]4[C@H]5CC[C@H](C5)[C@@H]4C3=O)cc2)cc1. The Morgan fingerprint density at radius 1 is 0.778 bits per heavy atom. The maximum Gasteiger partial charge on any atom is 0.237 e. The molecule has 2 aliphatic carbocycles. The first kappa shape index (κ1) is 16.4. The first-order valence-electron chi connectivity index (χ1n) is 9.45. The maximum absolute atomic E-state index is 12.9. The van der Waals surface area contributed by atoms with Gasteiger partial charge in [0.1, 0.15) is 17.2 Å². The molecule has 2 bridgehead atoms. The Bertz CT molecular complexity index is 862. The van der Waals surface area contributed by atoms with Crippen LogP contribution in [0.2, 0.25) is 0 Å². The Morgan fingerprint density at radius 3 is 1.78 bits per heavy atom. The lowest BCUT2D eigenvalue weighted by Crippen LogP contribution is -2.32. The van der Waals surface area contributed by atoms with E-state index in [2.05, 4.69) is 0 Å². The van der Waals surface area contributed by atoms with Crippen molar-refractivity contribution in [3.63, 3.8) is 0 Å². The summed E-state index contributed by atoms with van der Waals surface area (Å²) in [6.45, 7) is 0. The summed E-state index contributed by atoms with van der Waals surface area (Å²) in [6, 6.07) is 14.5. The normalized spacial score (nSPS) is 28.6. The second-order valence-corrected chi connectivity index (χ2v) is 7.67. The fraction of sp³-hybridized carbons (Fsp3) is 0.364. The summed E-state index contributed by atoms with van der Waals surface area (Å²) in [5.41, 5.74) is 0.640. The molecule has 5 rings (SSSR count). The van der Waals surface area contributed by atoms with Crippen LogP contribution in [0.15, 0.2) is 48.5 Å². The summed E-state index contributed by atoms with van der Waals surface area (Å²) in [4.78, 5) is 27.2. The third-order valence-corrected chi connectivity index (χ3v) is 6.32. The average molecular weight is 363 g/mol. The van der Waals surface area contributed by atoms with E-state index in [1.165, 1.54) is 4.90 Å². The molecule has 2 saturated carbocycles. The minimum Gasteiger partial charge on any atom is -0.497 e. The predicted octanol–water partition coefficient (Wildman–Crippen LogP) is 4.02. The smallest absolute Gasteiger partial charge is 0.237 e. The van der Waals surface area contributed by atoms with Gasteiger partial charge >= 0.3 is 0 Å². The van der Waals surface area contributed by atoms with E-state index in [1.54, 1.807) is 31.4 Å². The van der Waals surface area contributed by atoms with Gasteiger partial charge in [0.25, 0.3) is 0 Å². The summed E-state index contributed by atoms with van der Waals surface area (Å²) in [5.74, 6) is 2.72. The summed E-state index contributed by atoms with van der Waals surface area (Å²) in [6.07, 6.45) is 3.23. The molecular weight excluding hydrogens is 342 g/mol. The number of hydrogen-bond acceptors (Lipinski definition) is 4. The molecule has 0 radical (unpaired) electrons. The lowest BCUT2D eigenvalue weighted by Gasteiger charge is -2.19. The number of carbonyl (C=O) groups excluding carboxylic acids is 2. The quantitative estimate of drug-likeness (QED) is 0.770. The molecule has 2 aromatic rings. The van der Waals surface area contributed by atoms with Gasteiger partial charge in [-0.3, -0.25) is 14.5 Å². The van der Waals surface area contributed by atoms with Crippen LogP contribution in [0.4, 0.5) is 5.69 Å². The Labute approximate surface area is 157 Å². The number of carbonyl (C=O) groups is 2. The van der Waals surface area contributed by atoms with Gasteiger partial charge in [-0.15, -0.1) is 0 Å². The molecule has 27 heavy (non-hydrogen) atoms. The van der Waals surface area contributed by atoms with Crippen molar-refractivity contribution < 1.29 is 19.1 Å². The molecule has 5 heteroatoms. The molecule has 2 aromatic carbocycles. The Kier molecular flexibility index (Phi) is 3.71. The number of amides is 2. The van der Waals surface area contributed by atoms with Crippen molar-refractivity contribution in [2.45, 2.75) is 19.3 Å². The Morgan fingerprint density at radius 2 is 1.26 bits per heavy atom. The molecule has 5 nitrogen and oxygen atoms in total. The van der Waals surface area contributed by atoms with E-state index in [0.29, 0.717) is 29.0 Å². The zero-order chi connectivity index (χ0) is 18.5. The second kappa shape index (κ2) is 6.12. The topological polar surface area (TPSA) is 55.8 Å². The van der Waals surface area contributed by atoms with Gasteiger partial charge in [-0.1, -0.05) is 0 Å². The van der Waals surface area contributed by atoms with Crippen LogP contribution in [-0.4, -0.2) is 18.9 Å². The highest BCUT2D eigenvalue weighted by molar-refractivity contribution is 6.22. The highest BCUT2D eigenvalue weighted by atomic mass is 16.5. The number of imide groups is 1. The molecule has 138 valence electrons. The van der Waals surface area contributed by atoms with Gasteiger partial charge in [0.2, 0.25) is 11.8 Å². The van der Waals surface area contributed by atoms with E-state index in [1.807, 2.05) is 24.3 Å². The summed E-state index contributed by atoms with van der Waals surface area (Å²) >= 11 is 0. The van der Waals surface area contributed by atoms with Gasteiger partial charge in [0.05, 0.1) is 24.6 Å². The number of benzene rings is 2. The standard InChI is InChI=1S/C22H21NO4/c1-26-16-8-10-18(11-9-16)27-17-6-4-15(5-7-17)23-21(24)19-13-2-3-14(12-13)20(19)22(23)25/h4-11,13-14,19-20H,2-3,12H2,1H3/t13-,14+,19+,20-. The van der Waals surface area contributed by atoms with Gasteiger partial charge in [-0.25, -0.2) is 0 Å². The van der Waals surface area contributed by atoms with E-state index in [9.17, 15) is 9.59 Å². The van der Waals surface area contributed by atoms with Crippen LogP contribution in [0.3, 0.4) is 0 Å². The van der Waals surface area contributed by atoms with Crippen LogP contribution in [-0.2, 0) is 9.59 Å². The van der Waals surface area contributed by atoms with Crippen LogP contribution in [0.1, 0.15) is 19.3 Å². The molecule has 3 aliphatic rings. The van der Waals surface area contributed by atoms with Crippen molar-refractivity contribution in [1.82, 2.24) is 0 Å². The summed E-state index contributed by atoms with van der Waals surface area (Å²) < 4.78 is 11.0. The molecule has 1 aliphatic heterocycles. The van der Waals surface area contributed by atoms with Crippen molar-refractivity contribution in [1.29, 1.82) is 0 Å². The van der Waals surface area contributed by atoms with Gasteiger partial charge < -0.3 is 9.47 Å². The van der Waals surface area contributed by atoms with E-state index >= 15 is 0 Å². The highest BCUT2D eigenvalue weighted by Crippen LogP contribution is 2.56. The molecule has 0 unspecified atom stereocenters. The minimum atomic E-state index is -0.0912. The van der Waals surface area contributed by atoms with E-state index in [0.717, 1.165) is 25.0 Å². The molecule has 2 amide bonds. The monoisotopic (exact) mass is 363 g/mol. The number of nitrogens with zero attached hydrogens (tertiary/aromatic N) is 1. The van der Waals surface area contributed by atoms with Crippen molar-refractivity contribution in [2.24, 2.45) is 23.7 Å².